The average molecular weight is 355 g/mol. The van der Waals surface area contributed by atoms with Crippen molar-refractivity contribution in [2.45, 2.75) is 44.7 Å². The molecule has 0 unspecified atom stereocenters. The van der Waals surface area contributed by atoms with E-state index in [2.05, 4.69) is 25.5 Å². The van der Waals surface area contributed by atoms with Crippen LogP contribution in [0.25, 0.3) is 0 Å². The second kappa shape index (κ2) is 7.86. The first-order chi connectivity index (χ1) is 12.8. The van der Waals surface area contributed by atoms with Crippen LogP contribution in [0.5, 0.6) is 0 Å². The highest BCUT2D eigenvalue weighted by Gasteiger charge is 2.24. The highest BCUT2D eigenvalue weighted by Crippen LogP contribution is 2.23. The number of hydrogen-bond donors (Lipinski definition) is 2. The van der Waals surface area contributed by atoms with Gasteiger partial charge in [-0.05, 0) is 37.8 Å². The summed E-state index contributed by atoms with van der Waals surface area (Å²) in [7, 11) is 0. The number of amides is 1. The monoisotopic (exact) mass is 355 g/mol. The van der Waals surface area contributed by atoms with Crippen molar-refractivity contribution in [1.82, 2.24) is 20.2 Å². The molecule has 2 aliphatic heterocycles. The molecular formula is C19H25N5O2. The SMILES string of the molecule is O=C1NCCCC[C@@H]1Nc1ncnc2c1CCN(Cc1ccco1)CC2. The topological polar surface area (TPSA) is 83.3 Å². The van der Waals surface area contributed by atoms with Gasteiger partial charge < -0.3 is 15.1 Å². The maximum atomic E-state index is 12.2. The lowest BCUT2D eigenvalue weighted by Gasteiger charge is -2.19. The van der Waals surface area contributed by atoms with Gasteiger partial charge in [0.2, 0.25) is 5.91 Å². The van der Waals surface area contributed by atoms with E-state index >= 15 is 0 Å². The summed E-state index contributed by atoms with van der Waals surface area (Å²) in [5, 5.41) is 6.36. The fourth-order valence-corrected chi connectivity index (χ4v) is 3.72. The summed E-state index contributed by atoms with van der Waals surface area (Å²) in [4.78, 5) is 23.6. The van der Waals surface area contributed by atoms with Gasteiger partial charge >= 0.3 is 0 Å². The van der Waals surface area contributed by atoms with E-state index in [1.54, 1.807) is 12.6 Å². The lowest BCUT2D eigenvalue weighted by molar-refractivity contribution is -0.121. The van der Waals surface area contributed by atoms with Crippen LogP contribution >= 0.6 is 0 Å². The van der Waals surface area contributed by atoms with E-state index < -0.39 is 0 Å². The van der Waals surface area contributed by atoms with Crippen molar-refractivity contribution in [3.63, 3.8) is 0 Å². The lowest BCUT2D eigenvalue weighted by Crippen LogP contribution is -2.38. The Kier molecular flexibility index (Phi) is 5.15. The zero-order valence-corrected chi connectivity index (χ0v) is 14.9. The molecule has 2 aromatic heterocycles. The van der Waals surface area contributed by atoms with E-state index in [0.717, 1.165) is 81.1 Å². The number of carbonyl (C=O) groups is 1. The first kappa shape index (κ1) is 17.0. The quantitative estimate of drug-likeness (QED) is 0.869. The molecule has 4 heterocycles. The van der Waals surface area contributed by atoms with Crippen molar-refractivity contribution < 1.29 is 9.21 Å². The largest absolute Gasteiger partial charge is 0.468 e. The number of furan rings is 1. The van der Waals surface area contributed by atoms with E-state index in [1.807, 2.05) is 12.1 Å². The molecule has 0 aromatic carbocycles. The molecule has 1 amide bonds. The molecule has 0 bridgehead atoms. The number of anilines is 1. The molecule has 138 valence electrons. The van der Waals surface area contributed by atoms with Crippen molar-refractivity contribution >= 4 is 11.7 Å². The average Bonchev–Trinajstić information content (AvgIpc) is 2.96. The summed E-state index contributed by atoms with van der Waals surface area (Å²) in [6.45, 7) is 3.43. The third-order valence-corrected chi connectivity index (χ3v) is 5.18. The van der Waals surface area contributed by atoms with Gasteiger partial charge in [0, 0.05) is 31.6 Å². The Bertz CT molecular complexity index is 746. The number of carbonyl (C=O) groups excluding carboxylic acids is 1. The number of hydrogen-bond acceptors (Lipinski definition) is 6. The third-order valence-electron chi connectivity index (χ3n) is 5.18. The number of nitrogens with one attached hydrogen (secondary N) is 2. The zero-order chi connectivity index (χ0) is 17.8. The van der Waals surface area contributed by atoms with Crippen LogP contribution < -0.4 is 10.6 Å². The molecule has 0 saturated carbocycles. The van der Waals surface area contributed by atoms with Gasteiger partial charge in [-0.2, -0.15) is 0 Å². The molecule has 1 saturated heterocycles. The molecular weight excluding hydrogens is 330 g/mol. The Labute approximate surface area is 153 Å². The van der Waals surface area contributed by atoms with Crippen molar-refractivity contribution in [3.8, 4) is 0 Å². The minimum Gasteiger partial charge on any atom is -0.468 e. The number of aromatic nitrogens is 2. The molecule has 2 N–H and O–H groups in total. The molecule has 7 nitrogen and oxygen atoms in total. The summed E-state index contributed by atoms with van der Waals surface area (Å²) in [6.07, 6.45) is 7.99. The molecule has 7 heteroatoms. The van der Waals surface area contributed by atoms with Crippen LogP contribution in [-0.2, 0) is 24.2 Å². The summed E-state index contributed by atoms with van der Waals surface area (Å²) in [5.41, 5.74) is 2.23. The van der Waals surface area contributed by atoms with Gasteiger partial charge in [0.15, 0.2) is 0 Å². The molecule has 0 spiro atoms. The Balaban J connectivity index is 1.47. The van der Waals surface area contributed by atoms with Gasteiger partial charge in [-0.15, -0.1) is 0 Å². The van der Waals surface area contributed by atoms with Crippen molar-refractivity contribution in [2.24, 2.45) is 0 Å². The van der Waals surface area contributed by atoms with Crippen molar-refractivity contribution in [1.29, 1.82) is 0 Å². The Morgan fingerprint density at radius 3 is 3.08 bits per heavy atom. The fourth-order valence-electron chi connectivity index (χ4n) is 3.72. The van der Waals surface area contributed by atoms with Crippen LogP contribution in [0.3, 0.4) is 0 Å². The van der Waals surface area contributed by atoms with Gasteiger partial charge in [-0.3, -0.25) is 9.69 Å². The maximum Gasteiger partial charge on any atom is 0.242 e. The minimum absolute atomic E-state index is 0.0722. The molecule has 26 heavy (non-hydrogen) atoms. The number of fused-ring (bicyclic) bond motifs is 1. The number of rotatable bonds is 4. The molecule has 2 aliphatic rings. The molecule has 1 atom stereocenters. The highest BCUT2D eigenvalue weighted by atomic mass is 16.3. The summed E-state index contributed by atoms with van der Waals surface area (Å²) >= 11 is 0. The molecule has 0 radical (unpaired) electrons. The third kappa shape index (κ3) is 3.88. The molecule has 1 fully saturated rings. The first-order valence-electron chi connectivity index (χ1n) is 9.41. The van der Waals surface area contributed by atoms with E-state index in [-0.39, 0.29) is 11.9 Å². The fraction of sp³-hybridized carbons (Fsp3) is 0.526. The first-order valence-corrected chi connectivity index (χ1v) is 9.41. The minimum atomic E-state index is -0.209. The molecule has 2 aromatic rings. The normalized spacial score (nSPS) is 21.4. The predicted molar refractivity (Wildman–Crippen MR) is 97.7 cm³/mol. The van der Waals surface area contributed by atoms with Crippen molar-refractivity contribution in [3.05, 3.63) is 41.7 Å². The molecule has 0 aliphatic carbocycles. The standard InChI is InChI=1S/C19H25N5O2/c25-19-17(5-1-2-8-20-19)23-18-15-6-9-24(12-14-4-3-11-26-14)10-7-16(15)21-13-22-18/h3-4,11,13,17H,1-2,5-10,12H2,(H,20,25)(H,21,22,23)/t17-/m0/s1. The number of nitrogens with zero attached hydrogens (tertiary/aromatic N) is 3. The Morgan fingerprint density at radius 2 is 2.19 bits per heavy atom. The molecule has 4 rings (SSSR count). The van der Waals surface area contributed by atoms with E-state index in [0.29, 0.717) is 0 Å². The summed E-state index contributed by atoms with van der Waals surface area (Å²) in [6, 6.07) is 3.72. The maximum absolute atomic E-state index is 12.2. The summed E-state index contributed by atoms with van der Waals surface area (Å²) < 4.78 is 5.48. The van der Waals surface area contributed by atoms with Gasteiger partial charge in [-0.25, -0.2) is 9.97 Å². The van der Waals surface area contributed by atoms with Crippen LogP contribution in [0.15, 0.2) is 29.1 Å². The smallest absolute Gasteiger partial charge is 0.242 e. The lowest BCUT2D eigenvalue weighted by atomic mass is 10.1. The van der Waals surface area contributed by atoms with Crippen LogP contribution in [0.1, 0.15) is 36.3 Å². The van der Waals surface area contributed by atoms with Gasteiger partial charge in [0.1, 0.15) is 23.9 Å². The van der Waals surface area contributed by atoms with Crippen LogP contribution in [0.4, 0.5) is 5.82 Å². The highest BCUT2D eigenvalue weighted by molar-refractivity contribution is 5.84. The van der Waals surface area contributed by atoms with Crippen LogP contribution in [0, 0.1) is 0 Å². The van der Waals surface area contributed by atoms with Crippen LogP contribution in [-0.4, -0.2) is 46.5 Å². The Morgan fingerprint density at radius 1 is 1.27 bits per heavy atom. The second-order valence-electron chi connectivity index (χ2n) is 6.99. The van der Waals surface area contributed by atoms with Gasteiger partial charge in [-0.1, -0.05) is 0 Å². The van der Waals surface area contributed by atoms with E-state index in [4.69, 9.17) is 4.42 Å². The summed E-state index contributed by atoms with van der Waals surface area (Å²) in [5.74, 6) is 1.87. The predicted octanol–water partition coefficient (Wildman–Crippen LogP) is 1.75. The van der Waals surface area contributed by atoms with E-state index in [9.17, 15) is 4.79 Å². The van der Waals surface area contributed by atoms with Crippen molar-refractivity contribution in [2.75, 3.05) is 25.0 Å². The zero-order valence-electron chi connectivity index (χ0n) is 14.9. The van der Waals surface area contributed by atoms with Gasteiger partial charge in [0.25, 0.3) is 0 Å². The van der Waals surface area contributed by atoms with Crippen LogP contribution in [0.2, 0.25) is 0 Å². The Hall–Kier alpha value is -2.41. The van der Waals surface area contributed by atoms with E-state index in [1.165, 1.54) is 0 Å². The van der Waals surface area contributed by atoms with Gasteiger partial charge in [0.05, 0.1) is 18.5 Å². The second-order valence-corrected chi connectivity index (χ2v) is 6.99.